The summed E-state index contributed by atoms with van der Waals surface area (Å²) in [6.45, 7) is 0.398. The average Bonchev–Trinajstić information content (AvgIpc) is 2.88. The lowest BCUT2D eigenvalue weighted by Crippen LogP contribution is -2.42. The predicted molar refractivity (Wildman–Crippen MR) is 81.8 cm³/mol. The Balaban J connectivity index is 2.07. The van der Waals surface area contributed by atoms with Crippen LogP contribution in [-0.4, -0.2) is 56.6 Å². The van der Waals surface area contributed by atoms with Gasteiger partial charge < -0.3 is 10.2 Å². The highest BCUT2D eigenvalue weighted by Gasteiger charge is 2.36. The van der Waals surface area contributed by atoms with Crippen LogP contribution < -0.4 is 10.2 Å². The summed E-state index contributed by atoms with van der Waals surface area (Å²) >= 11 is 0. The van der Waals surface area contributed by atoms with E-state index in [4.69, 9.17) is 0 Å². The first kappa shape index (κ1) is 15.7. The number of carbonyl (C=O) groups is 1. The van der Waals surface area contributed by atoms with Gasteiger partial charge in [0.15, 0.2) is 0 Å². The molecule has 1 amide bonds. The molecule has 0 bridgehead atoms. The van der Waals surface area contributed by atoms with Crippen molar-refractivity contribution < 1.29 is 13.2 Å². The lowest BCUT2D eigenvalue weighted by Gasteiger charge is -2.21. The van der Waals surface area contributed by atoms with Gasteiger partial charge in [0.2, 0.25) is 15.9 Å². The number of amides is 1. The zero-order chi connectivity index (χ0) is 15.6. The minimum Gasteiger partial charge on any atom is -0.363 e. The Morgan fingerprint density at radius 3 is 2.67 bits per heavy atom. The highest BCUT2D eigenvalue weighted by molar-refractivity contribution is 7.88. The molecule has 1 unspecified atom stereocenters. The molecule has 2 heterocycles. The molecule has 1 N–H and O–H groups in total. The molecule has 0 spiro atoms. The topological polar surface area (TPSA) is 82.6 Å². The first-order valence-electron chi connectivity index (χ1n) is 6.70. The van der Waals surface area contributed by atoms with Crippen LogP contribution in [0, 0.1) is 0 Å². The number of hydrogen-bond donors (Lipinski definition) is 1. The molecule has 1 aliphatic heterocycles. The van der Waals surface area contributed by atoms with Crippen molar-refractivity contribution in [2.24, 2.45) is 0 Å². The van der Waals surface area contributed by atoms with Gasteiger partial charge in [-0.3, -0.25) is 4.79 Å². The van der Waals surface area contributed by atoms with Crippen molar-refractivity contribution in [2.45, 2.75) is 18.9 Å². The Morgan fingerprint density at radius 1 is 1.43 bits per heavy atom. The zero-order valence-electron chi connectivity index (χ0n) is 12.4. The summed E-state index contributed by atoms with van der Waals surface area (Å²) in [5.41, 5.74) is 0.561. The second kappa shape index (κ2) is 5.98. The van der Waals surface area contributed by atoms with Gasteiger partial charge in [-0.1, -0.05) is 0 Å². The minimum atomic E-state index is -3.36. The Morgan fingerprint density at radius 2 is 2.14 bits per heavy atom. The van der Waals surface area contributed by atoms with Crippen LogP contribution in [0.15, 0.2) is 18.3 Å². The average molecular weight is 312 g/mol. The van der Waals surface area contributed by atoms with Gasteiger partial charge in [0.05, 0.1) is 18.1 Å². The number of rotatable bonds is 4. The van der Waals surface area contributed by atoms with E-state index >= 15 is 0 Å². The normalized spacial score (nSPS) is 19.5. The highest BCUT2D eigenvalue weighted by atomic mass is 32.2. The van der Waals surface area contributed by atoms with Crippen LogP contribution in [0.4, 0.5) is 11.5 Å². The third kappa shape index (κ3) is 3.70. The molecule has 1 aliphatic rings. The maximum absolute atomic E-state index is 12.2. The van der Waals surface area contributed by atoms with Gasteiger partial charge in [0, 0.05) is 20.6 Å². The third-order valence-corrected chi connectivity index (χ3v) is 4.69. The standard InChI is InChI=1S/C13H20N4O3S/c1-16(2)12-7-6-10(9-14-12)15-13(18)11-5-4-8-17(11)21(3,19)20/h6-7,9,11H,4-5,8H2,1-3H3,(H,15,18). The molecule has 1 atom stereocenters. The van der Waals surface area contributed by atoms with Gasteiger partial charge in [0.1, 0.15) is 11.9 Å². The number of aromatic nitrogens is 1. The quantitative estimate of drug-likeness (QED) is 0.876. The Hall–Kier alpha value is -1.67. The van der Waals surface area contributed by atoms with Crippen LogP contribution >= 0.6 is 0 Å². The smallest absolute Gasteiger partial charge is 0.242 e. The number of nitrogens with zero attached hydrogens (tertiary/aromatic N) is 3. The van der Waals surface area contributed by atoms with E-state index in [1.807, 2.05) is 19.0 Å². The van der Waals surface area contributed by atoms with Crippen molar-refractivity contribution in [3.05, 3.63) is 18.3 Å². The maximum Gasteiger partial charge on any atom is 0.242 e. The van der Waals surface area contributed by atoms with Gasteiger partial charge in [-0.2, -0.15) is 4.31 Å². The van der Waals surface area contributed by atoms with E-state index in [0.29, 0.717) is 25.1 Å². The van der Waals surface area contributed by atoms with Crippen molar-refractivity contribution in [2.75, 3.05) is 37.1 Å². The fourth-order valence-corrected chi connectivity index (χ4v) is 3.47. The van der Waals surface area contributed by atoms with E-state index in [-0.39, 0.29) is 5.91 Å². The van der Waals surface area contributed by atoms with Crippen molar-refractivity contribution in [3.8, 4) is 0 Å². The van der Waals surface area contributed by atoms with E-state index in [1.165, 1.54) is 4.31 Å². The summed E-state index contributed by atoms with van der Waals surface area (Å²) in [7, 11) is 0.399. The van der Waals surface area contributed by atoms with E-state index in [0.717, 1.165) is 12.1 Å². The van der Waals surface area contributed by atoms with Crippen LogP contribution in [-0.2, 0) is 14.8 Å². The fraction of sp³-hybridized carbons (Fsp3) is 0.538. The summed E-state index contributed by atoms with van der Waals surface area (Å²) in [5, 5.41) is 2.73. The molecule has 1 aromatic rings. The van der Waals surface area contributed by atoms with Crippen molar-refractivity contribution >= 4 is 27.4 Å². The molecule has 1 aromatic heterocycles. The first-order valence-corrected chi connectivity index (χ1v) is 8.55. The monoisotopic (exact) mass is 312 g/mol. The summed E-state index contributed by atoms with van der Waals surface area (Å²) in [6.07, 6.45) is 3.93. The summed E-state index contributed by atoms with van der Waals surface area (Å²) in [6, 6.07) is 2.91. The lowest BCUT2D eigenvalue weighted by molar-refractivity contribution is -0.119. The number of anilines is 2. The number of nitrogens with one attached hydrogen (secondary N) is 1. The molecule has 2 rings (SSSR count). The number of pyridine rings is 1. The van der Waals surface area contributed by atoms with E-state index in [9.17, 15) is 13.2 Å². The number of carbonyl (C=O) groups excluding carboxylic acids is 1. The molecule has 21 heavy (non-hydrogen) atoms. The summed E-state index contributed by atoms with van der Waals surface area (Å²) < 4.78 is 24.6. The number of sulfonamides is 1. The first-order chi connectivity index (χ1) is 9.79. The maximum atomic E-state index is 12.2. The molecule has 0 aliphatic carbocycles. The molecule has 116 valence electrons. The summed E-state index contributed by atoms with van der Waals surface area (Å²) in [5.74, 6) is 0.476. The van der Waals surface area contributed by atoms with Crippen molar-refractivity contribution in [3.63, 3.8) is 0 Å². The molecule has 1 saturated heterocycles. The van der Waals surface area contributed by atoms with Crippen LogP contribution in [0.2, 0.25) is 0 Å². The molecule has 1 fully saturated rings. The molecular formula is C13H20N4O3S. The third-order valence-electron chi connectivity index (χ3n) is 3.41. The second-order valence-corrected chi connectivity index (χ2v) is 7.26. The Labute approximate surface area is 125 Å². The lowest BCUT2D eigenvalue weighted by atomic mass is 10.2. The largest absolute Gasteiger partial charge is 0.363 e. The van der Waals surface area contributed by atoms with Gasteiger partial charge in [-0.15, -0.1) is 0 Å². The van der Waals surface area contributed by atoms with Crippen LogP contribution in [0.1, 0.15) is 12.8 Å². The SMILES string of the molecule is CN(C)c1ccc(NC(=O)C2CCCN2S(C)(=O)=O)cn1. The van der Waals surface area contributed by atoms with Gasteiger partial charge in [-0.05, 0) is 25.0 Å². The van der Waals surface area contributed by atoms with E-state index in [2.05, 4.69) is 10.3 Å². The molecule has 7 nitrogen and oxygen atoms in total. The van der Waals surface area contributed by atoms with Crippen LogP contribution in [0.3, 0.4) is 0 Å². The van der Waals surface area contributed by atoms with E-state index in [1.54, 1.807) is 18.3 Å². The summed E-state index contributed by atoms with van der Waals surface area (Å²) in [4.78, 5) is 18.3. The molecule has 8 heteroatoms. The predicted octanol–water partition coefficient (Wildman–Crippen LogP) is 0.510. The van der Waals surface area contributed by atoms with Gasteiger partial charge in [-0.25, -0.2) is 13.4 Å². The fourth-order valence-electron chi connectivity index (χ4n) is 2.35. The van der Waals surface area contributed by atoms with Crippen LogP contribution in [0.25, 0.3) is 0 Å². The Kier molecular flexibility index (Phi) is 4.48. The van der Waals surface area contributed by atoms with Crippen molar-refractivity contribution in [1.29, 1.82) is 0 Å². The zero-order valence-corrected chi connectivity index (χ0v) is 13.2. The Bertz CT molecular complexity index is 613. The van der Waals surface area contributed by atoms with E-state index < -0.39 is 16.1 Å². The highest BCUT2D eigenvalue weighted by Crippen LogP contribution is 2.22. The molecular weight excluding hydrogens is 292 g/mol. The van der Waals surface area contributed by atoms with Gasteiger partial charge >= 0.3 is 0 Å². The van der Waals surface area contributed by atoms with Crippen LogP contribution in [0.5, 0.6) is 0 Å². The minimum absolute atomic E-state index is 0.308. The van der Waals surface area contributed by atoms with Crippen molar-refractivity contribution in [1.82, 2.24) is 9.29 Å². The molecule has 0 saturated carbocycles. The van der Waals surface area contributed by atoms with Gasteiger partial charge in [0.25, 0.3) is 0 Å². The molecule has 0 aromatic carbocycles. The molecule has 0 radical (unpaired) electrons. The number of hydrogen-bond acceptors (Lipinski definition) is 5. The second-order valence-electron chi connectivity index (χ2n) is 5.32.